The van der Waals surface area contributed by atoms with Gasteiger partial charge in [0.05, 0.1) is 21.2 Å². The first-order valence-corrected chi connectivity index (χ1v) is 11.5. The van der Waals surface area contributed by atoms with Gasteiger partial charge in [-0.2, -0.15) is 0 Å². The van der Waals surface area contributed by atoms with Crippen LogP contribution in [-0.2, 0) is 19.6 Å². The van der Waals surface area contributed by atoms with Crippen LogP contribution < -0.4 is 9.62 Å². The highest BCUT2D eigenvalue weighted by Gasteiger charge is 2.26. The first-order chi connectivity index (χ1) is 15.6. The molecule has 3 rings (SSSR count). The van der Waals surface area contributed by atoms with Gasteiger partial charge in [0.2, 0.25) is 0 Å². The van der Waals surface area contributed by atoms with E-state index >= 15 is 0 Å². The number of hydrogen-bond donors (Lipinski definition) is 1. The molecule has 0 aromatic heterocycles. The van der Waals surface area contributed by atoms with Gasteiger partial charge in [0, 0.05) is 12.7 Å². The highest BCUT2D eigenvalue weighted by atomic mass is 35.5. The molecule has 0 aliphatic rings. The van der Waals surface area contributed by atoms with Crippen molar-refractivity contribution in [3.63, 3.8) is 0 Å². The third-order valence-corrected chi connectivity index (χ3v) is 6.81. The number of carbonyl (C=O) groups is 2. The van der Waals surface area contributed by atoms with Gasteiger partial charge in [0.1, 0.15) is 5.82 Å². The molecule has 0 aliphatic carbocycles. The maximum Gasteiger partial charge on any atom is 0.340 e. The Bertz CT molecular complexity index is 1270. The van der Waals surface area contributed by atoms with Gasteiger partial charge in [0.25, 0.3) is 15.9 Å². The summed E-state index contributed by atoms with van der Waals surface area (Å²) in [5.41, 5.74) is 0.534. The number of carbonyl (C=O) groups excluding carboxylic acids is 2. The van der Waals surface area contributed by atoms with Gasteiger partial charge in [-0.25, -0.2) is 17.6 Å². The Labute approximate surface area is 195 Å². The van der Waals surface area contributed by atoms with Crippen LogP contribution in [0.1, 0.15) is 17.3 Å². The van der Waals surface area contributed by atoms with Crippen molar-refractivity contribution >= 4 is 44.9 Å². The molecule has 0 radical (unpaired) electrons. The fourth-order valence-corrected chi connectivity index (χ4v) is 4.23. The Morgan fingerprint density at radius 2 is 1.67 bits per heavy atom. The van der Waals surface area contributed by atoms with Crippen molar-refractivity contribution < 1.29 is 27.1 Å². The van der Waals surface area contributed by atoms with E-state index in [0.717, 1.165) is 22.5 Å². The molecule has 33 heavy (non-hydrogen) atoms. The summed E-state index contributed by atoms with van der Waals surface area (Å²) < 4.78 is 45.3. The summed E-state index contributed by atoms with van der Waals surface area (Å²) in [5, 5.41) is 2.56. The zero-order valence-electron chi connectivity index (χ0n) is 17.7. The van der Waals surface area contributed by atoms with Crippen molar-refractivity contribution in [3.8, 4) is 0 Å². The minimum Gasteiger partial charge on any atom is -0.449 e. The van der Waals surface area contributed by atoms with Crippen molar-refractivity contribution in [2.24, 2.45) is 0 Å². The number of para-hydroxylation sites is 1. The zero-order valence-corrected chi connectivity index (χ0v) is 19.2. The average molecular weight is 491 g/mol. The summed E-state index contributed by atoms with van der Waals surface area (Å²) in [4.78, 5) is 24.7. The number of esters is 1. The molecule has 0 bridgehead atoms. The predicted octanol–water partition coefficient (Wildman–Crippen LogP) is 4.49. The van der Waals surface area contributed by atoms with Gasteiger partial charge in [-0.05, 0) is 61.5 Å². The summed E-state index contributed by atoms with van der Waals surface area (Å²) in [6.45, 7) is 1.38. The Balaban J connectivity index is 1.79. The average Bonchev–Trinajstić information content (AvgIpc) is 2.79. The van der Waals surface area contributed by atoms with Crippen LogP contribution in [0.2, 0.25) is 5.02 Å². The lowest BCUT2D eigenvalue weighted by molar-refractivity contribution is -0.123. The number of sulfonamides is 1. The second-order valence-electron chi connectivity index (χ2n) is 6.99. The largest absolute Gasteiger partial charge is 0.449 e. The SMILES string of the molecule is CC(OC(=O)c1cc(S(=O)(=O)N(C)c2ccc(F)cc2)ccc1Cl)C(=O)Nc1ccccc1. The van der Waals surface area contributed by atoms with E-state index in [1.165, 1.54) is 38.2 Å². The number of benzene rings is 3. The number of nitrogens with one attached hydrogen (secondary N) is 1. The molecule has 1 unspecified atom stereocenters. The van der Waals surface area contributed by atoms with E-state index in [1.54, 1.807) is 30.3 Å². The fourth-order valence-electron chi connectivity index (χ4n) is 2.81. The van der Waals surface area contributed by atoms with E-state index in [4.69, 9.17) is 16.3 Å². The number of amides is 1. The lowest BCUT2D eigenvalue weighted by atomic mass is 10.2. The van der Waals surface area contributed by atoms with Gasteiger partial charge in [-0.15, -0.1) is 0 Å². The van der Waals surface area contributed by atoms with Crippen LogP contribution in [0.25, 0.3) is 0 Å². The predicted molar refractivity (Wildman–Crippen MR) is 123 cm³/mol. The first kappa shape index (κ1) is 24.2. The molecular weight excluding hydrogens is 471 g/mol. The highest BCUT2D eigenvalue weighted by Crippen LogP contribution is 2.26. The Morgan fingerprint density at radius 3 is 2.30 bits per heavy atom. The van der Waals surface area contributed by atoms with E-state index in [1.807, 2.05) is 0 Å². The third kappa shape index (κ3) is 5.68. The number of anilines is 2. The van der Waals surface area contributed by atoms with E-state index in [9.17, 15) is 22.4 Å². The molecule has 10 heteroatoms. The second-order valence-corrected chi connectivity index (χ2v) is 9.37. The van der Waals surface area contributed by atoms with E-state index < -0.39 is 33.8 Å². The fraction of sp³-hybridized carbons (Fsp3) is 0.130. The quantitative estimate of drug-likeness (QED) is 0.493. The summed E-state index contributed by atoms with van der Waals surface area (Å²) in [6, 6.07) is 17.1. The van der Waals surface area contributed by atoms with E-state index in [2.05, 4.69) is 5.32 Å². The summed E-state index contributed by atoms with van der Waals surface area (Å²) in [5.74, 6) is -2.03. The number of hydrogen-bond acceptors (Lipinski definition) is 5. The Morgan fingerprint density at radius 1 is 1.03 bits per heavy atom. The van der Waals surface area contributed by atoms with Gasteiger partial charge < -0.3 is 10.1 Å². The van der Waals surface area contributed by atoms with Gasteiger partial charge in [-0.1, -0.05) is 29.8 Å². The molecule has 3 aromatic rings. The Kier molecular flexibility index (Phi) is 7.35. The number of halogens is 2. The van der Waals surface area contributed by atoms with Crippen LogP contribution >= 0.6 is 11.6 Å². The second kappa shape index (κ2) is 10.0. The van der Waals surface area contributed by atoms with Crippen LogP contribution in [0, 0.1) is 5.82 Å². The van der Waals surface area contributed by atoms with Gasteiger partial charge >= 0.3 is 5.97 Å². The van der Waals surface area contributed by atoms with E-state index in [-0.39, 0.29) is 21.2 Å². The summed E-state index contributed by atoms with van der Waals surface area (Å²) >= 11 is 6.10. The molecule has 0 fully saturated rings. The van der Waals surface area contributed by atoms with Gasteiger partial charge in [-0.3, -0.25) is 9.10 Å². The topological polar surface area (TPSA) is 92.8 Å². The summed E-state index contributed by atoms with van der Waals surface area (Å²) in [6.07, 6.45) is -1.17. The van der Waals surface area contributed by atoms with Crippen molar-refractivity contribution in [2.45, 2.75) is 17.9 Å². The van der Waals surface area contributed by atoms with Crippen molar-refractivity contribution in [1.29, 1.82) is 0 Å². The molecular formula is C23H20ClFN2O5S. The highest BCUT2D eigenvalue weighted by molar-refractivity contribution is 7.92. The minimum atomic E-state index is -4.10. The molecule has 3 aromatic carbocycles. The maximum atomic E-state index is 13.2. The molecule has 0 saturated carbocycles. The molecule has 1 N–H and O–H groups in total. The maximum absolute atomic E-state index is 13.2. The molecule has 0 spiro atoms. The standard InChI is InChI=1S/C23H20ClFN2O5S/c1-15(22(28)26-17-6-4-3-5-7-17)32-23(29)20-14-19(12-13-21(20)24)33(30,31)27(2)18-10-8-16(25)9-11-18/h3-15H,1-2H3,(H,26,28). The number of rotatable bonds is 7. The van der Waals surface area contributed by atoms with E-state index in [0.29, 0.717) is 5.69 Å². The third-order valence-electron chi connectivity index (χ3n) is 4.70. The van der Waals surface area contributed by atoms with Gasteiger partial charge in [0.15, 0.2) is 6.10 Å². The lowest BCUT2D eigenvalue weighted by Crippen LogP contribution is -2.30. The molecule has 0 aliphatic heterocycles. The minimum absolute atomic E-state index is 0.0425. The summed E-state index contributed by atoms with van der Waals surface area (Å²) in [7, 11) is -2.80. The first-order valence-electron chi connectivity index (χ1n) is 9.70. The van der Waals surface area contributed by atoms with Crippen LogP contribution in [-0.4, -0.2) is 33.4 Å². The van der Waals surface area contributed by atoms with Crippen LogP contribution in [0.5, 0.6) is 0 Å². The van der Waals surface area contributed by atoms with Crippen LogP contribution in [0.15, 0.2) is 77.7 Å². The normalized spacial score (nSPS) is 12.0. The van der Waals surface area contributed by atoms with Crippen LogP contribution in [0.4, 0.5) is 15.8 Å². The smallest absolute Gasteiger partial charge is 0.340 e. The molecule has 0 saturated heterocycles. The number of nitrogens with zero attached hydrogens (tertiary/aromatic N) is 1. The molecule has 1 amide bonds. The molecule has 7 nitrogen and oxygen atoms in total. The van der Waals surface area contributed by atoms with Crippen LogP contribution in [0.3, 0.4) is 0 Å². The molecule has 0 heterocycles. The van der Waals surface area contributed by atoms with Crippen molar-refractivity contribution in [2.75, 3.05) is 16.7 Å². The van der Waals surface area contributed by atoms with Crippen molar-refractivity contribution in [1.82, 2.24) is 0 Å². The molecule has 1 atom stereocenters. The van der Waals surface area contributed by atoms with Crippen molar-refractivity contribution in [3.05, 3.63) is 89.2 Å². The lowest BCUT2D eigenvalue weighted by Gasteiger charge is -2.20. The Hall–Kier alpha value is -3.43. The number of ether oxygens (including phenoxy) is 1. The molecule has 172 valence electrons. The zero-order chi connectivity index (χ0) is 24.2. The monoisotopic (exact) mass is 490 g/mol.